The number of ether oxygens (including phenoxy) is 3. The van der Waals surface area contributed by atoms with Crippen LogP contribution in [0.3, 0.4) is 0 Å². The number of fused-ring (bicyclic) bond motifs is 2. The Hall–Kier alpha value is -5.04. The predicted molar refractivity (Wildman–Crippen MR) is 244 cm³/mol. The van der Waals surface area contributed by atoms with Crippen molar-refractivity contribution in [3.05, 3.63) is 120 Å². The largest absolute Gasteiger partial charge is 0.459 e. The minimum Gasteiger partial charge on any atom is -0.459 e. The van der Waals surface area contributed by atoms with Crippen LogP contribution in [0.2, 0.25) is 0 Å². The van der Waals surface area contributed by atoms with Crippen molar-refractivity contribution in [1.82, 2.24) is 10.2 Å². The Kier molecular flexibility index (Phi) is 16.7. The number of halogens is 1. The van der Waals surface area contributed by atoms with Crippen LogP contribution >= 0.6 is 0 Å². The molecular formula is C52H66FN3O8. The average Bonchev–Trinajstić information content (AvgIpc) is 3.84. The van der Waals surface area contributed by atoms with Gasteiger partial charge in [0.1, 0.15) is 30.0 Å². The van der Waals surface area contributed by atoms with Crippen molar-refractivity contribution in [2.75, 3.05) is 26.4 Å². The number of allylic oxidation sites excluding steroid dienone is 1. The third-order valence-corrected chi connectivity index (χ3v) is 13.6. The monoisotopic (exact) mass is 879 g/mol. The number of hydrogen-bond donors (Lipinski definition) is 3. The summed E-state index contributed by atoms with van der Waals surface area (Å²) in [5.74, 6) is -1.25. The van der Waals surface area contributed by atoms with Gasteiger partial charge in [-0.15, -0.1) is 6.58 Å². The molecule has 3 aliphatic carbocycles. The van der Waals surface area contributed by atoms with Crippen molar-refractivity contribution in [2.45, 2.75) is 121 Å². The normalized spacial score (nSPS) is 24.2. The lowest BCUT2D eigenvalue weighted by atomic mass is 9.55. The molecule has 11 nitrogen and oxygen atoms in total. The van der Waals surface area contributed by atoms with E-state index in [1.54, 1.807) is 24.3 Å². The van der Waals surface area contributed by atoms with E-state index in [0.29, 0.717) is 55.5 Å². The number of unbranched alkanes of at least 4 members (excludes halogenated alkanes) is 2. The maximum absolute atomic E-state index is 15.0. The van der Waals surface area contributed by atoms with Gasteiger partial charge in [-0.1, -0.05) is 98.3 Å². The standard InChI is InChI=1S/C52H66FN3O8/c1-3-30-61-52-47(56(35-38-20-23-40(53)24-21-38)48(59)27-22-36-14-8-9-15-36)33-45(55-62-4-2)43-31-39(18-10-12-28-57)42(19-11-13-29-58)49(50(43)52)44-32-41(25-26-46(44)64-52)63-51(60)54-34-37-16-6-5-7-17-37/h3,5-7,16-17,20-21,23-26,31-32,36,39,42,47,49-50,57-58H,1,4,8-15,18-19,22,27-30,33-35H2,2H3,(H,54,60)/t39-,42+,47-,49+,50+,52+/m0/s1. The molecule has 0 unspecified atom stereocenters. The van der Waals surface area contributed by atoms with Crippen molar-refractivity contribution in [1.29, 1.82) is 0 Å². The van der Waals surface area contributed by atoms with Crippen LogP contribution in [-0.2, 0) is 27.5 Å². The highest BCUT2D eigenvalue weighted by Crippen LogP contribution is 2.62. The molecule has 64 heavy (non-hydrogen) atoms. The Morgan fingerprint density at radius 2 is 1.72 bits per heavy atom. The van der Waals surface area contributed by atoms with Crippen molar-refractivity contribution in [3.63, 3.8) is 0 Å². The Morgan fingerprint density at radius 3 is 2.44 bits per heavy atom. The number of nitrogens with zero attached hydrogens (tertiary/aromatic N) is 2. The Labute approximate surface area is 377 Å². The van der Waals surface area contributed by atoms with E-state index in [1.165, 1.54) is 25.0 Å². The molecule has 3 aromatic rings. The summed E-state index contributed by atoms with van der Waals surface area (Å²) in [5, 5.41) is 27.6. The summed E-state index contributed by atoms with van der Waals surface area (Å²) in [6.07, 6.45) is 13.8. The lowest BCUT2D eigenvalue weighted by Gasteiger charge is -2.60. The summed E-state index contributed by atoms with van der Waals surface area (Å²) in [5.41, 5.74) is 4.18. The zero-order valence-electron chi connectivity index (χ0n) is 37.3. The van der Waals surface area contributed by atoms with Gasteiger partial charge in [0.2, 0.25) is 11.7 Å². The lowest BCUT2D eigenvalue weighted by molar-refractivity contribution is -0.258. The number of aliphatic hydroxyl groups is 2. The quantitative estimate of drug-likeness (QED) is 0.0515. The van der Waals surface area contributed by atoms with E-state index in [-0.39, 0.29) is 62.3 Å². The average molecular weight is 880 g/mol. The summed E-state index contributed by atoms with van der Waals surface area (Å²) in [7, 11) is 0. The highest BCUT2D eigenvalue weighted by molar-refractivity contribution is 6.03. The smallest absolute Gasteiger partial charge is 0.412 e. The molecule has 2 amide bonds. The van der Waals surface area contributed by atoms with Gasteiger partial charge in [-0.05, 0) is 104 Å². The molecule has 1 aliphatic heterocycles. The minimum atomic E-state index is -1.45. The molecule has 4 aliphatic rings. The van der Waals surface area contributed by atoms with Gasteiger partial charge in [0.15, 0.2) is 0 Å². The van der Waals surface area contributed by atoms with Gasteiger partial charge in [-0.2, -0.15) is 0 Å². The minimum absolute atomic E-state index is 0.00813. The first kappa shape index (κ1) is 46.9. The molecule has 0 bridgehead atoms. The molecule has 344 valence electrons. The third-order valence-electron chi connectivity index (χ3n) is 13.6. The number of amides is 2. The van der Waals surface area contributed by atoms with Crippen LogP contribution in [0.5, 0.6) is 11.5 Å². The second-order valence-corrected chi connectivity index (χ2v) is 17.8. The van der Waals surface area contributed by atoms with E-state index in [1.807, 2.05) is 54.3 Å². The van der Waals surface area contributed by atoms with E-state index in [0.717, 1.165) is 67.2 Å². The van der Waals surface area contributed by atoms with Crippen LogP contribution in [0.1, 0.15) is 113 Å². The molecule has 7 rings (SSSR count). The molecule has 6 atom stereocenters. The summed E-state index contributed by atoms with van der Waals surface area (Å²) < 4.78 is 34.8. The molecule has 2 fully saturated rings. The van der Waals surface area contributed by atoms with Crippen LogP contribution in [0.15, 0.2) is 102 Å². The predicted octanol–water partition coefficient (Wildman–Crippen LogP) is 9.77. The molecule has 3 N–H and O–H groups in total. The van der Waals surface area contributed by atoms with Crippen molar-refractivity contribution < 1.29 is 43.2 Å². The molecule has 12 heteroatoms. The summed E-state index contributed by atoms with van der Waals surface area (Å²) >= 11 is 0. The number of rotatable bonds is 22. The first-order chi connectivity index (χ1) is 31.3. The zero-order valence-corrected chi connectivity index (χ0v) is 37.3. The fourth-order valence-corrected chi connectivity index (χ4v) is 10.7. The Balaban J connectivity index is 1.38. The zero-order chi connectivity index (χ0) is 44.9. The SMILES string of the molecule is C=CCO[C@@]12Oc3ccc(OC(=O)NCc4ccccc4)cc3[C@H]3[C@H](CCCCO)[C@@H](CCCCO)C=C(C(=NOCC)C[C@@H]1N(Cc1ccc(F)cc1)C(=O)CCC1CCCC1)[C@H]32. The number of benzene rings is 3. The number of aliphatic hydroxyl groups excluding tert-OH is 2. The van der Waals surface area contributed by atoms with E-state index in [9.17, 15) is 19.4 Å². The van der Waals surface area contributed by atoms with Crippen LogP contribution < -0.4 is 14.8 Å². The van der Waals surface area contributed by atoms with Gasteiger partial charge in [0, 0.05) is 50.6 Å². The van der Waals surface area contributed by atoms with E-state index < -0.39 is 23.8 Å². The third kappa shape index (κ3) is 11.1. The fourth-order valence-electron chi connectivity index (χ4n) is 10.7. The Bertz CT molecular complexity index is 2070. The van der Waals surface area contributed by atoms with Crippen molar-refractivity contribution in [3.8, 4) is 11.5 Å². The van der Waals surface area contributed by atoms with Crippen LogP contribution in [-0.4, -0.2) is 71.1 Å². The first-order valence-electron chi connectivity index (χ1n) is 23.5. The molecular weight excluding hydrogens is 814 g/mol. The summed E-state index contributed by atoms with van der Waals surface area (Å²) in [6.45, 7) is 7.04. The molecule has 1 heterocycles. The maximum Gasteiger partial charge on any atom is 0.412 e. The number of hydrogen-bond acceptors (Lipinski definition) is 9. The molecule has 2 saturated carbocycles. The van der Waals surface area contributed by atoms with Crippen LogP contribution in [0.4, 0.5) is 9.18 Å². The van der Waals surface area contributed by atoms with Gasteiger partial charge in [0.25, 0.3) is 0 Å². The topological polar surface area (TPSA) is 139 Å². The van der Waals surface area contributed by atoms with Crippen molar-refractivity contribution >= 4 is 17.7 Å². The molecule has 0 radical (unpaired) electrons. The van der Waals surface area contributed by atoms with E-state index in [2.05, 4.69) is 18.0 Å². The van der Waals surface area contributed by atoms with Gasteiger partial charge in [0.05, 0.1) is 18.2 Å². The van der Waals surface area contributed by atoms with Gasteiger partial charge >= 0.3 is 6.09 Å². The first-order valence-corrected chi connectivity index (χ1v) is 23.5. The van der Waals surface area contributed by atoms with Gasteiger partial charge in [-0.3, -0.25) is 4.79 Å². The second kappa shape index (κ2) is 22.7. The molecule has 0 spiro atoms. The Morgan fingerprint density at radius 1 is 0.969 bits per heavy atom. The molecule has 0 aromatic heterocycles. The number of carbonyl (C=O) groups excluding carboxylic acids is 2. The molecule has 3 aromatic carbocycles. The fraction of sp³-hybridized carbons (Fsp3) is 0.519. The summed E-state index contributed by atoms with van der Waals surface area (Å²) in [6, 6.07) is 20.7. The second-order valence-electron chi connectivity index (χ2n) is 17.8. The number of carbonyl (C=O) groups is 2. The summed E-state index contributed by atoms with van der Waals surface area (Å²) in [4.78, 5) is 36.1. The van der Waals surface area contributed by atoms with Crippen LogP contribution in [0, 0.1) is 29.5 Å². The lowest BCUT2D eigenvalue weighted by Crippen LogP contribution is -2.70. The van der Waals surface area contributed by atoms with Gasteiger partial charge in [-0.25, -0.2) is 9.18 Å². The van der Waals surface area contributed by atoms with E-state index in [4.69, 9.17) is 24.2 Å². The van der Waals surface area contributed by atoms with Crippen molar-refractivity contribution in [2.24, 2.45) is 28.8 Å². The van der Waals surface area contributed by atoms with Crippen LogP contribution in [0.25, 0.3) is 0 Å². The molecule has 0 saturated heterocycles. The van der Waals surface area contributed by atoms with E-state index >= 15 is 4.79 Å². The highest BCUT2D eigenvalue weighted by atomic mass is 19.1. The van der Waals surface area contributed by atoms with Gasteiger partial charge < -0.3 is 39.5 Å². The maximum atomic E-state index is 15.0. The number of nitrogens with one attached hydrogen (secondary N) is 1. The highest BCUT2D eigenvalue weighted by Gasteiger charge is 2.65. The number of oxime groups is 1.